The zero-order chi connectivity index (χ0) is 13.0. The van der Waals surface area contributed by atoms with Crippen LogP contribution in [0, 0.1) is 6.92 Å². The summed E-state index contributed by atoms with van der Waals surface area (Å²) in [5, 5.41) is 2.66. The van der Waals surface area contributed by atoms with E-state index in [2.05, 4.69) is 5.32 Å². The largest absolute Gasteiger partial charge is 0.417 e. The van der Waals surface area contributed by atoms with E-state index in [1.807, 2.05) is 19.1 Å². The lowest BCUT2D eigenvalue weighted by molar-refractivity contribution is 0.215. The van der Waals surface area contributed by atoms with Crippen LogP contribution in [0.2, 0.25) is 0 Å². The highest BCUT2D eigenvalue weighted by molar-refractivity contribution is 5.87. The first kappa shape index (κ1) is 12.0. The van der Waals surface area contributed by atoms with Crippen LogP contribution in [0.1, 0.15) is 5.56 Å². The van der Waals surface area contributed by atoms with Crippen molar-refractivity contribution in [2.24, 2.45) is 0 Å². The number of anilines is 2. The minimum atomic E-state index is -0.532. The molecule has 1 amide bonds. The molecular weight excluding hydrogens is 228 g/mol. The Morgan fingerprint density at radius 1 is 1.17 bits per heavy atom. The van der Waals surface area contributed by atoms with Crippen LogP contribution < -0.4 is 15.8 Å². The van der Waals surface area contributed by atoms with Crippen molar-refractivity contribution in [3.8, 4) is 5.75 Å². The highest BCUT2D eigenvalue weighted by Crippen LogP contribution is 2.18. The Morgan fingerprint density at radius 2 is 1.89 bits per heavy atom. The van der Waals surface area contributed by atoms with Gasteiger partial charge < -0.3 is 10.5 Å². The third-order valence-corrected chi connectivity index (χ3v) is 2.45. The van der Waals surface area contributed by atoms with Gasteiger partial charge in [0.1, 0.15) is 5.75 Å². The molecule has 0 atom stereocenters. The van der Waals surface area contributed by atoms with Crippen molar-refractivity contribution in [1.82, 2.24) is 0 Å². The maximum absolute atomic E-state index is 11.7. The maximum atomic E-state index is 11.7. The number of para-hydroxylation sites is 1. The normalized spacial score (nSPS) is 9.83. The van der Waals surface area contributed by atoms with E-state index in [0.29, 0.717) is 17.1 Å². The predicted molar refractivity (Wildman–Crippen MR) is 71.7 cm³/mol. The summed E-state index contributed by atoms with van der Waals surface area (Å²) in [6.45, 7) is 1.89. The van der Waals surface area contributed by atoms with Crippen LogP contribution >= 0.6 is 0 Å². The number of ether oxygens (including phenoxy) is 1. The van der Waals surface area contributed by atoms with Gasteiger partial charge in [-0.2, -0.15) is 0 Å². The molecule has 0 saturated heterocycles. The van der Waals surface area contributed by atoms with Crippen LogP contribution in [0.3, 0.4) is 0 Å². The van der Waals surface area contributed by atoms with Crippen molar-refractivity contribution >= 4 is 17.5 Å². The quantitative estimate of drug-likeness (QED) is 0.795. The summed E-state index contributed by atoms with van der Waals surface area (Å²) >= 11 is 0. The van der Waals surface area contributed by atoms with Crippen molar-refractivity contribution in [2.75, 3.05) is 11.1 Å². The van der Waals surface area contributed by atoms with Crippen molar-refractivity contribution in [1.29, 1.82) is 0 Å². The number of hydrogen-bond donors (Lipinski definition) is 2. The minimum Gasteiger partial charge on any atom is -0.410 e. The van der Waals surface area contributed by atoms with E-state index in [1.54, 1.807) is 36.4 Å². The summed E-state index contributed by atoms with van der Waals surface area (Å²) in [5.41, 5.74) is 7.83. The van der Waals surface area contributed by atoms with Crippen LogP contribution in [-0.2, 0) is 0 Å². The number of nitrogens with one attached hydrogen (secondary N) is 1. The number of aryl methyl sites for hydroxylation is 1. The number of rotatable bonds is 2. The molecule has 0 saturated carbocycles. The Hall–Kier alpha value is -2.49. The topological polar surface area (TPSA) is 64.3 Å². The van der Waals surface area contributed by atoms with Gasteiger partial charge in [0.05, 0.1) is 0 Å². The number of benzene rings is 2. The van der Waals surface area contributed by atoms with Gasteiger partial charge in [-0.25, -0.2) is 4.79 Å². The fourth-order valence-corrected chi connectivity index (χ4v) is 1.51. The molecule has 0 heterocycles. The van der Waals surface area contributed by atoms with Crippen LogP contribution in [0.15, 0.2) is 48.5 Å². The molecule has 18 heavy (non-hydrogen) atoms. The summed E-state index contributed by atoms with van der Waals surface area (Å²) in [6.07, 6.45) is -0.532. The number of nitrogens with two attached hydrogens (primary N) is 1. The molecular formula is C14H14N2O2. The smallest absolute Gasteiger partial charge is 0.410 e. The monoisotopic (exact) mass is 242 g/mol. The van der Waals surface area contributed by atoms with E-state index in [1.165, 1.54) is 0 Å². The zero-order valence-corrected chi connectivity index (χ0v) is 10.0. The van der Waals surface area contributed by atoms with Crippen molar-refractivity contribution in [3.63, 3.8) is 0 Å². The Kier molecular flexibility index (Phi) is 3.48. The van der Waals surface area contributed by atoms with E-state index >= 15 is 0 Å². The molecule has 4 nitrogen and oxygen atoms in total. The van der Waals surface area contributed by atoms with Gasteiger partial charge in [-0.1, -0.05) is 24.3 Å². The molecule has 0 radical (unpaired) electrons. The molecule has 0 bridgehead atoms. The lowest BCUT2D eigenvalue weighted by atomic mass is 10.2. The average Bonchev–Trinajstić information content (AvgIpc) is 2.35. The van der Waals surface area contributed by atoms with Crippen LogP contribution in [-0.4, -0.2) is 6.09 Å². The molecule has 0 aliphatic heterocycles. The Morgan fingerprint density at radius 3 is 2.61 bits per heavy atom. The second kappa shape index (κ2) is 5.23. The van der Waals surface area contributed by atoms with Crippen molar-refractivity contribution < 1.29 is 9.53 Å². The molecule has 0 aliphatic carbocycles. The van der Waals surface area contributed by atoms with Gasteiger partial charge in [0.15, 0.2) is 0 Å². The second-order valence-corrected chi connectivity index (χ2v) is 3.90. The lowest BCUT2D eigenvalue weighted by Crippen LogP contribution is -2.17. The fourth-order valence-electron chi connectivity index (χ4n) is 1.51. The molecule has 3 N–H and O–H groups in total. The molecule has 0 aromatic heterocycles. The minimum absolute atomic E-state index is 0.497. The standard InChI is InChI=1S/C14H14N2O2/c1-10-7-8-11(15)9-13(10)16-14(17)18-12-5-3-2-4-6-12/h2-9H,15H2,1H3,(H,16,17). The van der Waals surface area contributed by atoms with Crippen LogP contribution in [0.5, 0.6) is 5.75 Å². The van der Waals surface area contributed by atoms with Gasteiger partial charge in [0.25, 0.3) is 0 Å². The third-order valence-electron chi connectivity index (χ3n) is 2.45. The van der Waals surface area contributed by atoms with E-state index in [0.717, 1.165) is 5.56 Å². The Bertz CT molecular complexity index is 553. The first-order valence-electron chi connectivity index (χ1n) is 5.55. The summed E-state index contributed by atoms with van der Waals surface area (Å²) < 4.78 is 5.12. The van der Waals surface area contributed by atoms with E-state index in [4.69, 9.17) is 10.5 Å². The van der Waals surface area contributed by atoms with Gasteiger partial charge in [-0.05, 0) is 36.8 Å². The van der Waals surface area contributed by atoms with Crippen LogP contribution in [0.4, 0.5) is 16.2 Å². The van der Waals surface area contributed by atoms with Crippen molar-refractivity contribution in [3.05, 3.63) is 54.1 Å². The number of carbonyl (C=O) groups is 1. The van der Waals surface area contributed by atoms with Gasteiger partial charge in [0, 0.05) is 11.4 Å². The molecule has 0 aliphatic rings. The van der Waals surface area contributed by atoms with Gasteiger partial charge in [-0.15, -0.1) is 0 Å². The van der Waals surface area contributed by atoms with Crippen molar-refractivity contribution in [2.45, 2.75) is 6.92 Å². The SMILES string of the molecule is Cc1ccc(N)cc1NC(=O)Oc1ccccc1. The molecule has 2 aromatic rings. The van der Waals surface area contributed by atoms with Crippen LogP contribution in [0.25, 0.3) is 0 Å². The predicted octanol–water partition coefficient (Wildman–Crippen LogP) is 3.19. The zero-order valence-electron chi connectivity index (χ0n) is 10.0. The molecule has 0 spiro atoms. The number of nitrogen functional groups attached to an aromatic ring is 1. The molecule has 0 fully saturated rings. The molecule has 2 aromatic carbocycles. The van der Waals surface area contributed by atoms with Gasteiger partial charge >= 0.3 is 6.09 Å². The maximum Gasteiger partial charge on any atom is 0.417 e. The Labute approximate surface area is 105 Å². The third kappa shape index (κ3) is 3.01. The van der Waals surface area contributed by atoms with Gasteiger partial charge in [0.2, 0.25) is 0 Å². The highest BCUT2D eigenvalue weighted by atomic mass is 16.6. The summed E-state index contributed by atoms with van der Waals surface area (Å²) in [4.78, 5) is 11.7. The molecule has 92 valence electrons. The fraction of sp³-hybridized carbons (Fsp3) is 0.0714. The second-order valence-electron chi connectivity index (χ2n) is 3.90. The molecule has 4 heteroatoms. The average molecular weight is 242 g/mol. The summed E-state index contributed by atoms with van der Waals surface area (Å²) in [5.74, 6) is 0.497. The van der Waals surface area contributed by atoms with E-state index in [9.17, 15) is 4.79 Å². The molecule has 0 unspecified atom stereocenters. The lowest BCUT2D eigenvalue weighted by Gasteiger charge is -2.09. The first-order chi connectivity index (χ1) is 8.65. The number of carbonyl (C=O) groups excluding carboxylic acids is 1. The Balaban J connectivity index is 2.05. The summed E-state index contributed by atoms with van der Waals surface area (Å²) in [6, 6.07) is 14.2. The van der Waals surface area contributed by atoms with E-state index in [-0.39, 0.29) is 0 Å². The molecule has 2 rings (SSSR count). The highest BCUT2D eigenvalue weighted by Gasteiger charge is 2.06. The first-order valence-corrected chi connectivity index (χ1v) is 5.55. The van der Waals surface area contributed by atoms with Gasteiger partial charge in [-0.3, -0.25) is 5.32 Å². The number of hydrogen-bond acceptors (Lipinski definition) is 3. The van der Waals surface area contributed by atoms with E-state index < -0.39 is 6.09 Å². The number of amides is 1. The summed E-state index contributed by atoms with van der Waals surface area (Å²) in [7, 11) is 0.